The van der Waals surface area contributed by atoms with Gasteiger partial charge in [0.15, 0.2) is 11.6 Å². The lowest BCUT2D eigenvalue weighted by molar-refractivity contribution is -0.117. The number of amides is 1. The van der Waals surface area contributed by atoms with Crippen LogP contribution < -0.4 is 10.2 Å². The van der Waals surface area contributed by atoms with Crippen LogP contribution in [0.1, 0.15) is 44.9 Å². The smallest absolute Gasteiger partial charge is 0.293 e. The van der Waals surface area contributed by atoms with Crippen molar-refractivity contribution in [2.75, 3.05) is 16.8 Å². The summed E-state index contributed by atoms with van der Waals surface area (Å²) in [5.74, 6) is -7.02. The van der Waals surface area contributed by atoms with E-state index in [1.165, 1.54) is 11.0 Å². The third-order valence-electron chi connectivity index (χ3n) is 4.66. The molecule has 1 aliphatic rings. The highest BCUT2D eigenvalue weighted by Crippen LogP contribution is 2.43. The molecule has 0 saturated carbocycles. The van der Waals surface area contributed by atoms with Crippen molar-refractivity contribution < 1.29 is 26.7 Å². The van der Waals surface area contributed by atoms with Crippen LogP contribution >= 0.6 is 0 Å². The standard InChI is InChI=1S/C21H22F5N3O/c1-20(2,3)10-17(30)27-19-15(24)9-16-18(28-19)21(25,26)6-7-29(16)11-12-4-5-13(22)8-14(12)23/h4-5,8-9H,6-7,10-11H2,1-3H3,(H,27,28,30). The van der Waals surface area contributed by atoms with E-state index in [0.29, 0.717) is 6.07 Å². The predicted octanol–water partition coefficient (Wildman–Crippen LogP) is 5.38. The Labute approximate surface area is 171 Å². The summed E-state index contributed by atoms with van der Waals surface area (Å²) in [5.41, 5.74) is -1.19. The molecule has 2 heterocycles. The summed E-state index contributed by atoms with van der Waals surface area (Å²) in [6.45, 7) is 5.09. The van der Waals surface area contributed by atoms with Gasteiger partial charge in [-0.1, -0.05) is 26.8 Å². The molecule has 2 aromatic rings. The number of fused-ring (bicyclic) bond motifs is 1. The number of carbonyl (C=O) groups excluding carboxylic acids is 1. The first-order valence-corrected chi connectivity index (χ1v) is 9.43. The molecule has 0 atom stereocenters. The van der Waals surface area contributed by atoms with Crippen LogP contribution in [0, 0.1) is 22.9 Å². The second-order valence-corrected chi connectivity index (χ2v) is 8.58. The molecule has 0 fully saturated rings. The van der Waals surface area contributed by atoms with Crippen molar-refractivity contribution in [1.82, 2.24) is 4.98 Å². The number of halogens is 5. The molecule has 1 amide bonds. The maximum atomic E-state index is 14.6. The number of hydrogen-bond donors (Lipinski definition) is 1. The number of nitrogens with zero attached hydrogens (tertiary/aromatic N) is 2. The Hall–Kier alpha value is -2.71. The van der Waals surface area contributed by atoms with Gasteiger partial charge in [0.25, 0.3) is 5.92 Å². The van der Waals surface area contributed by atoms with Crippen LogP contribution in [0.2, 0.25) is 0 Å². The molecule has 1 aromatic carbocycles. The molecule has 0 bridgehead atoms. The Morgan fingerprint density at radius 2 is 1.87 bits per heavy atom. The van der Waals surface area contributed by atoms with E-state index in [-0.39, 0.29) is 36.2 Å². The third-order valence-corrected chi connectivity index (χ3v) is 4.66. The zero-order chi connectivity index (χ0) is 22.3. The molecule has 30 heavy (non-hydrogen) atoms. The average Bonchev–Trinajstić information content (AvgIpc) is 2.59. The molecule has 1 N–H and O–H groups in total. The first kappa shape index (κ1) is 22.0. The van der Waals surface area contributed by atoms with Crippen molar-refractivity contribution in [3.8, 4) is 0 Å². The van der Waals surface area contributed by atoms with Crippen molar-refractivity contribution in [2.24, 2.45) is 5.41 Å². The van der Waals surface area contributed by atoms with Crippen molar-refractivity contribution in [2.45, 2.75) is 46.1 Å². The number of pyridine rings is 1. The molecule has 0 aliphatic carbocycles. The van der Waals surface area contributed by atoms with Gasteiger partial charge in [0.05, 0.1) is 5.69 Å². The molecule has 0 spiro atoms. The third kappa shape index (κ3) is 4.88. The lowest BCUT2D eigenvalue weighted by Crippen LogP contribution is -2.37. The van der Waals surface area contributed by atoms with E-state index in [1.54, 1.807) is 0 Å². The van der Waals surface area contributed by atoms with E-state index < -0.39 is 47.2 Å². The number of alkyl halides is 2. The summed E-state index contributed by atoms with van der Waals surface area (Å²) in [5, 5.41) is 2.26. The molecular formula is C21H22F5N3O. The van der Waals surface area contributed by atoms with Crippen LogP contribution in [0.25, 0.3) is 0 Å². The van der Waals surface area contributed by atoms with Gasteiger partial charge in [0.2, 0.25) is 5.91 Å². The molecule has 162 valence electrons. The Kier molecular flexibility index (Phi) is 5.75. The number of aromatic nitrogens is 1. The van der Waals surface area contributed by atoms with Crippen molar-refractivity contribution in [3.05, 3.63) is 53.0 Å². The quantitative estimate of drug-likeness (QED) is 0.667. The molecule has 0 unspecified atom stereocenters. The van der Waals surface area contributed by atoms with Crippen LogP contribution in [0.15, 0.2) is 24.3 Å². The summed E-state index contributed by atoms with van der Waals surface area (Å²) >= 11 is 0. The fourth-order valence-corrected chi connectivity index (χ4v) is 3.27. The molecule has 1 aromatic heterocycles. The molecule has 0 saturated heterocycles. The Bertz CT molecular complexity index is 972. The minimum Gasteiger partial charge on any atom is -0.365 e. The highest BCUT2D eigenvalue weighted by molar-refractivity contribution is 5.90. The van der Waals surface area contributed by atoms with Gasteiger partial charge in [-0.05, 0) is 11.5 Å². The highest BCUT2D eigenvalue weighted by Gasteiger charge is 2.42. The number of rotatable bonds is 4. The van der Waals surface area contributed by atoms with E-state index in [0.717, 1.165) is 12.1 Å². The number of anilines is 2. The van der Waals surface area contributed by atoms with E-state index in [2.05, 4.69) is 10.3 Å². The molecular weight excluding hydrogens is 405 g/mol. The second-order valence-electron chi connectivity index (χ2n) is 8.58. The number of carbonyl (C=O) groups is 1. The summed E-state index contributed by atoms with van der Waals surface area (Å²) in [7, 11) is 0. The van der Waals surface area contributed by atoms with Crippen molar-refractivity contribution >= 4 is 17.4 Å². The molecule has 0 radical (unpaired) electrons. The Morgan fingerprint density at radius 3 is 2.50 bits per heavy atom. The van der Waals surface area contributed by atoms with Gasteiger partial charge in [-0.15, -0.1) is 0 Å². The lowest BCUT2D eigenvalue weighted by atomic mass is 9.92. The fourth-order valence-electron chi connectivity index (χ4n) is 3.27. The Balaban J connectivity index is 1.93. The normalized spacial score (nSPS) is 15.7. The van der Waals surface area contributed by atoms with Gasteiger partial charge < -0.3 is 10.2 Å². The van der Waals surface area contributed by atoms with E-state index in [9.17, 15) is 26.7 Å². The van der Waals surface area contributed by atoms with Crippen LogP contribution in [-0.2, 0) is 17.3 Å². The summed E-state index contributed by atoms with van der Waals surface area (Å²) in [6.07, 6.45) is -0.561. The molecule has 1 aliphatic heterocycles. The van der Waals surface area contributed by atoms with Crippen LogP contribution in [-0.4, -0.2) is 17.4 Å². The Morgan fingerprint density at radius 1 is 1.17 bits per heavy atom. The van der Waals surface area contributed by atoms with Crippen LogP contribution in [0.3, 0.4) is 0 Å². The van der Waals surface area contributed by atoms with Gasteiger partial charge in [-0.3, -0.25) is 4.79 Å². The van der Waals surface area contributed by atoms with Gasteiger partial charge >= 0.3 is 0 Å². The highest BCUT2D eigenvalue weighted by atomic mass is 19.3. The first-order valence-electron chi connectivity index (χ1n) is 9.43. The average molecular weight is 427 g/mol. The van der Waals surface area contributed by atoms with E-state index in [4.69, 9.17) is 0 Å². The van der Waals surface area contributed by atoms with Crippen LogP contribution in [0.4, 0.5) is 33.5 Å². The molecule has 4 nitrogen and oxygen atoms in total. The summed E-state index contributed by atoms with van der Waals surface area (Å²) in [4.78, 5) is 17.2. The monoisotopic (exact) mass is 427 g/mol. The van der Waals surface area contributed by atoms with Gasteiger partial charge in [-0.2, -0.15) is 8.78 Å². The first-order chi connectivity index (χ1) is 13.9. The van der Waals surface area contributed by atoms with E-state index >= 15 is 0 Å². The summed E-state index contributed by atoms with van der Waals surface area (Å²) in [6, 6.07) is 3.83. The number of benzene rings is 1. The largest absolute Gasteiger partial charge is 0.365 e. The predicted molar refractivity (Wildman–Crippen MR) is 103 cm³/mol. The van der Waals surface area contributed by atoms with E-state index in [1.807, 2.05) is 20.8 Å². The van der Waals surface area contributed by atoms with Crippen LogP contribution in [0.5, 0.6) is 0 Å². The molecule has 3 rings (SSSR count). The van der Waals surface area contributed by atoms with Crippen molar-refractivity contribution in [3.63, 3.8) is 0 Å². The minimum absolute atomic E-state index is 0.0531. The fraction of sp³-hybridized carbons (Fsp3) is 0.429. The van der Waals surface area contributed by atoms with Crippen molar-refractivity contribution in [1.29, 1.82) is 0 Å². The van der Waals surface area contributed by atoms with Gasteiger partial charge in [-0.25, -0.2) is 18.2 Å². The molecule has 9 heteroatoms. The zero-order valence-electron chi connectivity index (χ0n) is 16.8. The zero-order valence-corrected chi connectivity index (χ0v) is 16.8. The number of hydrogen-bond acceptors (Lipinski definition) is 3. The SMILES string of the molecule is CC(C)(C)CC(=O)Nc1nc2c(cc1F)N(Cc1ccc(F)cc1F)CCC2(F)F. The number of nitrogens with one attached hydrogen (secondary N) is 1. The second kappa shape index (κ2) is 7.85. The minimum atomic E-state index is -3.34. The van der Waals surface area contributed by atoms with Gasteiger partial charge in [0, 0.05) is 43.6 Å². The lowest BCUT2D eigenvalue weighted by Gasteiger charge is -2.35. The topological polar surface area (TPSA) is 45.2 Å². The maximum absolute atomic E-state index is 14.6. The van der Waals surface area contributed by atoms with Gasteiger partial charge in [0.1, 0.15) is 17.3 Å². The maximum Gasteiger partial charge on any atom is 0.293 e. The summed E-state index contributed by atoms with van der Waals surface area (Å²) < 4.78 is 70.7.